The molecule has 1 rings (SSSR count). The van der Waals surface area contributed by atoms with Crippen LogP contribution in [0, 0.1) is 5.92 Å². The first-order valence-electron chi connectivity index (χ1n) is 5.74. The number of rotatable bonds is 7. The zero-order valence-corrected chi connectivity index (χ0v) is 13.7. The van der Waals surface area contributed by atoms with Gasteiger partial charge in [0.2, 0.25) is 5.91 Å². The Morgan fingerprint density at radius 2 is 1.95 bits per heavy atom. The summed E-state index contributed by atoms with van der Waals surface area (Å²) < 4.78 is 1.65. The fourth-order valence-electron chi connectivity index (χ4n) is 1.42. The molecule has 1 N–H and O–H groups in total. The van der Waals surface area contributed by atoms with Crippen LogP contribution in [0.3, 0.4) is 0 Å². The molecular formula is C11H17N3O2S3. The smallest absolute Gasteiger partial charge is 0.231 e. The summed E-state index contributed by atoms with van der Waals surface area (Å²) in [7, 11) is 0. The van der Waals surface area contributed by atoms with Crippen molar-refractivity contribution in [2.75, 3.05) is 12.0 Å². The SMILES string of the molecule is CSc1nnc(SCC(=O)NC(C(C)=O)C(C)C)s1. The van der Waals surface area contributed by atoms with Crippen LogP contribution in [0.1, 0.15) is 20.8 Å². The van der Waals surface area contributed by atoms with Crippen molar-refractivity contribution in [1.29, 1.82) is 0 Å². The quantitative estimate of drug-likeness (QED) is 0.776. The maximum Gasteiger partial charge on any atom is 0.231 e. The molecule has 1 aromatic rings. The highest BCUT2D eigenvalue weighted by Gasteiger charge is 2.20. The van der Waals surface area contributed by atoms with Crippen molar-refractivity contribution in [3.63, 3.8) is 0 Å². The van der Waals surface area contributed by atoms with Gasteiger partial charge in [0.25, 0.3) is 0 Å². The van der Waals surface area contributed by atoms with Crippen molar-refractivity contribution in [2.24, 2.45) is 5.92 Å². The molecule has 0 saturated heterocycles. The van der Waals surface area contributed by atoms with Crippen LogP contribution in [-0.4, -0.2) is 39.9 Å². The first-order chi connectivity index (χ1) is 8.93. The number of carbonyl (C=O) groups excluding carboxylic acids is 2. The van der Waals surface area contributed by atoms with Gasteiger partial charge in [0, 0.05) is 0 Å². The number of hydrogen-bond donors (Lipinski definition) is 1. The maximum absolute atomic E-state index is 11.8. The molecule has 106 valence electrons. The molecular weight excluding hydrogens is 302 g/mol. The van der Waals surface area contributed by atoms with E-state index in [0.717, 1.165) is 8.68 Å². The number of ketones is 1. The van der Waals surface area contributed by atoms with Gasteiger partial charge in [-0.3, -0.25) is 9.59 Å². The van der Waals surface area contributed by atoms with E-state index >= 15 is 0 Å². The molecule has 0 aliphatic heterocycles. The van der Waals surface area contributed by atoms with Crippen LogP contribution in [-0.2, 0) is 9.59 Å². The van der Waals surface area contributed by atoms with Gasteiger partial charge in [-0.1, -0.05) is 48.7 Å². The van der Waals surface area contributed by atoms with Gasteiger partial charge in [0.1, 0.15) is 0 Å². The molecule has 0 aromatic carbocycles. The van der Waals surface area contributed by atoms with Crippen molar-refractivity contribution in [1.82, 2.24) is 15.5 Å². The van der Waals surface area contributed by atoms with Crippen molar-refractivity contribution in [3.05, 3.63) is 0 Å². The average Bonchev–Trinajstić information content (AvgIpc) is 2.80. The van der Waals surface area contributed by atoms with E-state index in [-0.39, 0.29) is 23.4 Å². The summed E-state index contributed by atoms with van der Waals surface area (Å²) in [5.74, 6) is 0.171. The van der Waals surface area contributed by atoms with Gasteiger partial charge in [-0.25, -0.2) is 0 Å². The summed E-state index contributed by atoms with van der Waals surface area (Å²) in [6.07, 6.45) is 1.93. The lowest BCUT2D eigenvalue weighted by molar-refractivity contribution is -0.126. The van der Waals surface area contributed by atoms with E-state index in [9.17, 15) is 9.59 Å². The summed E-state index contributed by atoms with van der Waals surface area (Å²) in [6.45, 7) is 5.32. The number of thioether (sulfide) groups is 2. The highest BCUT2D eigenvalue weighted by molar-refractivity contribution is 8.03. The van der Waals surface area contributed by atoms with Gasteiger partial charge >= 0.3 is 0 Å². The van der Waals surface area contributed by atoms with Crippen LogP contribution in [0.5, 0.6) is 0 Å². The van der Waals surface area contributed by atoms with Crippen LogP contribution < -0.4 is 5.32 Å². The molecule has 5 nitrogen and oxygen atoms in total. The minimum atomic E-state index is -0.413. The number of hydrogen-bond acceptors (Lipinski definition) is 7. The summed E-state index contributed by atoms with van der Waals surface area (Å²) in [5.41, 5.74) is 0. The molecule has 1 amide bonds. The van der Waals surface area contributed by atoms with E-state index in [1.165, 1.54) is 41.8 Å². The molecule has 1 atom stereocenters. The minimum Gasteiger partial charge on any atom is -0.345 e. The molecule has 1 heterocycles. The fourth-order valence-corrected chi connectivity index (χ4v) is 3.67. The van der Waals surface area contributed by atoms with Gasteiger partial charge in [0.15, 0.2) is 14.5 Å². The lowest BCUT2D eigenvalue weighted by Crippen LogP contribution is -2.44. The number of nitrogens with one attached hydrogen (secondary N) is 1. The number of nitrogens with zero attached hydrogens (tertiary/aromatic N) is 2. The Labute approximate surface area is 125 Å². The highest BCUT2D eigenvalue weighted by atomic mass is 32.2. The van der Waals surface area contributed by atoms with E-state index in [0.29, 0.717) is 0 Å². The van der Waals surface area contributed by atoms with Crippen LogP contribution in [0.25, 0.3) is 0 Å². The molecule has 0 radical (unpaired) electrons. The Morgan fingerprint density at radius 1 is 1.32 bits per heavy atom. The number of amides is 1. The van der Waals surface area contributed by atoms with E-state index in [4.69, 9.17) is 0 Å². The predicted molar refractivity (Wildman–Crippen MR) is 79.9 cm³/mol. The van der Waals surface area contributed by atoms with E-state index < -0.39 is 6.04 Å². The molecule has 1 unspecified atom stereocenters. The summed E-state index contributed by atoms with van der Waals surface area (Å²) in [6, 6.07) is -0.413. The molecule has 0 aliphatic carbocycles. The lowest BCUT2D eigenvalue weighted by atomic mass is 10.0. The first kappa shape index (κ1) is 16.5. The van der Waals surface area contributed by atoms with E-state index in [1.807, 2.05) is 20.1 Å². The van der Waals surface area contributed by atoms with Crippen molar-refractivity contribution < 1.29 is 9.59 Å². The molecule has 0 aliphatic rings. The monoisotopic (exact) mass is 319 g/mol. The zero-order valence-electron chi connectivity index (χ0n) is 11.3. The van der Waals surface area contributed by atoms with Crippen LogP contribution in [0.2, 0.25) is 0 Å². The lowest BCUT2D eigenvalue weighted by Gasteiger charge is -2.19. The van der Waals surface area contributed by atoms with Crippen LogP contribution in [0.15, 0.2) is 8.68 Å². The molecule has 8 heteroatoms. The highest BCUT2D eigenvalue weighted by Crippen LogP contribution is 2.27. The largest absolute Gasteiger partial charge is 0.345 e. The predicted octanol–water partition coefficient (Wildman–Crippen LogP) is 2.08. The third-order valence-electron chi connectivity index (χ3n) is 2.31. The summed E-state index contributed by atoms with van der Waals surface area (Å²) >= 11 is 4.33. The van der Waals surface area contributed by atoms with E-state index in [2.05, 4.69) is 15.5 Å². The Kier molecular flexibility index (Phi) is 6.81. The van der Waals surface area contributed by atoms with Crippen molar-refractivity contribution in [3.8, 4) is 0 Å². The Morgan fingerprint density at radius 3 is 2.42 bits per heavy atom. The van der Waals surface area contributed by atoms with Crippen LogP contribution in [0.4, 0.5) is 0 Å². The normalized spacial score (nSPS) is 12.5. The number of Topliss-reactive ketones (excluding diaryl/α,β-unsaturated/α-hetero) is 1. The number of aromatic nitrogens is 2. The van der Waals surface area contributed by atoms with Crippen LogP contribution >= 0.6 is 34.9 Å². The topological polar surface area (TPSA) is 72.0 Å². The Hall–Kier alpha value is -0.600. The van der Waals surface area contributed by atoms with E-state index in [1.54, 1.807) is 0 Å². The maximum atomic E-state index is 11.8. The summed E-state index contributed by atoms with van der Waals surface area (Å²) in [4.78, 5) is 23.2. The third-order valence-corrected chi connectivity index (χ3v) is 5.34. The first-order valence-corrected chi connectivity index (χ1v) is 8.76. The Bertz CT molecular complexity index is 448. The van der Waals surface area contributed by atoms with Gasteiger partial charge in [-0.15, -0.1) is 10.2 Å². The van der Waals surface area contributed by atoms with Gasteiger partial charge in [-0.2, -0.15) is 0 Å². The molecule has 1 aromatic heterocycles. The summed E-state index contributed by atoms with van der Waals surface area (Å²) in [5, 5.41) is 10.7. The van der Waals surface area contributed by atoms with Gasteiger partial charge in [-0.05, 0) is 19.1 Å². The van der Waals surface area contributed by atoms with Crippen molar-refractivity contribution in [2.45, 2.75) is 35.5 Å². The van der Waals surface area contributed by atoms with Gasteiger partial charge < -0.3 is 5.32 Å². The van der Waals surface area contributed by atoms with Gasteiger partial charge in [0.05, 0.1) is 11.8 Å². The second-order valence-corrected chi connectivity index (χ2v) is 7.48. The molecule has 19 heavy (non-hydrogen) atoms. The van der Waals surface area contributed by atoms with Crippen molar-refractivity contribution >= 4 is 46.6 Å². The zero-order chi connectivity index (χ0) is 14.4. The second-order valence-electron chi connectivity index (χ2n) is 4.23. The number of carbonyl (C=O) groups is 2. The Balaban J connectivity index is 2.44. The molecule has 0 spiro atoms. The average molecular weight is 319 g/mol. The standard InChI is InChI=1S/C11H17N3O2S3/c1-6(2)9(7(3)15)12-8(16)5-18-11-14-13-10(17-4)19-11/h6,9H,5H2,1-4H3,(H,12,16). The fraction of sp³-hybridized carbons (Fsp3) is 0.636. The molecule has 0 bridgehead atoms. The molecule has 0 saturated carbocycles. The second kappa shape index (κ2) is 7.86. The third kappa shape index (κ3) is 5.50. The minimum absolute atomic E-state index is 0.0195. The molecule has 0 fully saturated rings.